The molecule has 0 aliphatic rings. The fraction of sp³-hybridized carbons (Fsp3) is 0.364. The lowest BCUT2D eigenvalue weighted by molar-refractivity contribution is 0.558. The summed E-state index contributed by atoms with van der Waals surface area (Å²) in [7, 11) is 1.75. The monoisotopic (exact) mass is 342 g/mol. The van der Waals surface area contributed by atoms with Crippen molar-refractivity contribution in [2.75, 3.05) is 5.75 Å². The van der Waals surface area contributed by atoms with Gasteiger partial charge in [-0.05, 0) is 23.4 Å². The maximum Gasteiger partial charge on any atom is 0.176 e. The predicted octanol–water partition coefficient (Wildman–Crippen LogP) is 1.14. The molecule has 1 heterocycles. The summed E-state index contributed by atoms with van der Waals surface area (Å²) >= 11 is 5.20. The number of nitrogens with two attached hydrogens (primary N) is 1. The number of halogens is 1. The van der Waals surface area contributed by atoms with E-state index in [0.29, 0.717) is 12.2 Å². The number of rotatable bonds is 6. The van der Waals surface area contributed by atoms with Crippen LogP contribution in [0.3, 0.4) is 0 Å². The molecule has 0 bridgehead atoms. The summed E-state index contributed by atoms with van der Waals surface area (Å²) in [5.41, 5.74) is 2.80. The molecule has 0 aliphatic carbocycles. The van der Waals surface area contributed by atoms with Crippen molar-refractivity contribution in [3.63, 3.8) is 0 Å². The van der Waals surface area contributed by atoms with Gasteiger partial charge in [0, 0.05) is 27.6 Å². The van der Waals surface area contributed by atoms with E-state index in [1.165, 1.54) is 9.69 Å². The minimum atomic E-state index is 0.105. The molecule has 0 radical (unpaired) electrons. The molecule has 3 N–H and O–H groups in total. The number of tetrazole rings is 1. The molecule has 1 aromatic heterocycles. The molecule has 0 aliphatic heterocycles. The molecule has 2 rings (SSSR count). The standard InChI is InChI=1S/C11H15BrN6S/c1-18-16-11(15-17-18)6-9(14-13)7-19-10-4-2-3-8(12)5-10/h2-5,9,14H,6-7,13H2,1H3. The number of nitrogens with zero attached hydrogens (tertiary/aromatic N) is 4. The highest BCUT2D eigenvalue weighted by molar-refractivity contribution is 9.10. The summed E-state index contributed by atoms with van der Waals surface area (Å²) in [6.45, 7) is 0. The molecule has 2 aromatic rings. The molecule has 19 heavy (non-hydrogen) atoms. The van der Waals surface area contributed by atoms with Crippen molar-refractivity contribution in [2.45, 2.75) is 17.4 Å². The Morgan fingerprint density at radius 3 is 3.00 bits per heavy atom. The number of aromatic nitrogens is 4. The number of hydrazine groups is 1. The van der Waals surface area contributed by atoms with Crippen LogP contribution in [-0.4, -0.2) is 32.0 Å². The van der Waals surface area contributed by atoms with Crippen molar-refractivity contribution in [1.29, 1.82) is 0 Å². The first-order chi connectivity index (χ1) is 9.17. The molecule has 0 amide bonds. The third kappa shape index (κ3) is 4.57. The van der Waals surface area contributed by atoms with Crippen molar-refractivity contribution < 1.29 is 0 Å². The average molecular weight is 343 g/mol. The van der Waals surface area contributed by atoms with E-state index in [1.807, 2.05) is 12.1 Å². The van der Waals surface area contributed by atoms with Crippen LogP contribution in [0, 0.1) is 0 Å². The zero-order chi connectivity index (χ0) is 13.7. The number of aryl methyl sites for hydroxylation is 1. The van der Waals surface area contributed by atoms with Gasteiger partial charge in [-0.1, -0.05) is 22.0 Å². The molecule has 102 valence electrons. The maximum absolute atomic E-state index is 5.57. The van der Waals surface area contributed by atoms with Crippen LogP contribution in [0.4, 0.5) is 0 Å². The van der Waals surface area contributed by atoms with Crippen LogP contribution in [0.1, 0.15) is 5.82 Å². The Balaban J connectivity index is 1.89. The van der Waals surface area contributed by atoms with E-state index >= 15 is 0 Å². The normalized spacial score (nSPS) is 12.6. The minimum Gasteiger partial charge on any atom is -0.271 e. The van der Waals surface area contributed by atoms with Gasteiger partial charge in [-0.15, -0.1) is 22.0 Å². The van der Waals surface area contributed by atoms with Crippen LogP contribution >= 0.6 is 27.7 Å². The Hall–Kier alpha value is -0.960. The summed E-state index contributed by atoms with van der Waals surface area (Å²) in [4.78, 5) is 2.64. The van der Waals surface area contributed by atoms with Gasteiger partial charge in [0.05, 0.1) is 7.05 Å². The third-order valence-electron chi connectivity index (χ3n) is 2.46. The van der Waals surface area contributed by atoms with E-state index in [0.717, 1.165) is 10.2 Å². The van der Waals surface area contributed by atoms with Crippen molar-refractivity contribution in [3.8, 4) is 0 Å². The first kappa shape index (κ1) is 14.4. The van der Waals surface area contributed by atoms with Gasteiger partial charge in [-0.3, -0.25) is 11.3 Å². The van der Waals surface area contributed by atoms with E-state index in [1.54, 1.807) is 18.8 Å². The largest absolute Gasteiger partial charge is 0.271 e. The second-order valence-corrected chi connectivity index (χ2v) is 6.04. The van der Waals surface area contributed by atoms with Crippen molar-refractivity contribution in [1.82, 2.24) is 25.6 Å². The summed E-state index contributed by atoms with van der Waals surface area (Å²) < 4.78 is 1.07. The van der Waals surface area contributed by atoms with Gasteiger partial charge in [0.25, 0.3) is 0 Å². The lowest BCUT2D eigenvalue weighted by Crippen LogP contribution is -2.39. The van der Waals surface area contributed by atoms with Crippen molar-refractivity contribution >= 4 is 27.7 Å². The molecule has 0 saturated carbocycles. The second kappa shape index (κ2) is 6.99. The summed E-state index contributed by atoms with van der Waals surface area (Å²) in [5.74, 6) is 7.10. The first-order valence-corrected chi connectivity index (χ1v) is 7.52. The SMILES string of the molecule is Cn1nnc(CC(CSc2cccc(Br)c2)NN)n1. The summed E-state index contributed by atoms with van der Waals surface area (Å²) in [5, 5.41) is 11.9. The molecule has 0 spiro atoms. The van der Waals surface area contributed by atoms with Gasteiger partial charge in [-0.25, -0.2) is 0 Å². The average Bonchev–Trinajstić information content (AvgIpc) is 2.80. The van der Waals surface area contributed by atoms with Gasteiger partial charge in [0.1, 0.15) is 0 Å². The van der Waals surface area contributed by atoms with Crippen LogP contribution in [0.15, 0.2) is 33.6 Å². The molecule has 1 atom stereocenters. The molecule has 8 heteroatoms. The quantitative estimate of drug-likeness (QED) is 0.465. The first-order valence-electron chi connectivity index (χ1n) is 5.74. The number of nitrogens with one attached hydrogen (secondary N) is 1. The van der Waals surface area contributed by atoms with Crippen LogP contribution in [0.2, 0.25) is 0 Å². The zero-order valence-corrected chi connectivity index (χ0v) is 12.9. The third-order valence-corrected chi connectivity index (χ3v) is 4.11. The zero-order valence-electron chi connectivity index (χ0n) is 10.5. The fourth-order valence-corrected chi connectivity index (χ4v) is 3.09. The van der Waals surface area contributed by atoms with Crippen LogP contribution in [0.5, 0.6) is 0 Å². The highest BCUT2D eigenvalue weighted by Gasteiger charge is 2.12. The van der Waals surface area contributed by atoms with E-state index in [2.05, 4.69) is 48.9 Å². The minimum absolute atomic E-state index is 0.105. The highest BCUT2D eigenvalue weighted by Crippen LogP contribution is 2.22. The van der Waals surface area contributed by atoms with E-state index < -0.39 is 0 Å². The summed E-state index contributed by atoms with van der Waals surface area (Å²) in [6.07, 6.45) is 0.658. The Bertz CT molecular complexity index is 531. The number of hydrogen-bond donors (Lipinski definition) is 2. The molecule has 0 fully saturated rings. The summed E-state index contributed by atoms with van der Waals surface area (Å²) in [6, 6.07) is 8.28. The van der Waals surface area contributed by atoms with Gasteiger partial charge >= 0.3 is 0 Å². The second-order valence-electron chi connectivity index (χ2n) is 4.03. The lowest BCUT2D eigenvalue weighted by Gasteiger charge is -2.13. The van der Waals surface area contributed by atoms with Crippen molar-refractivity contribution in [3.05, 3.63) is 34.6 Å². The topological polar surface area (TPSA) is 81.7 Å². The smallest absolute Gasteiger partial charge is 0.176 e. The van der Waals surface area contributed by atoms with Crippen LogP contribution in [-0.2, 0) is 13.5 Å². The molecular formula is C11H15BrN6S. The molecule has 0 saturated heterocycles. The predicted molar refractivity (Wildman–Crippen MR) is 78.5 cm³/mol. The lowest BCUT2D eigenvalue weighted by atomic mass is 10.2. The Kier molecular flexibility index (Phi) is 5.32. The van der Waals surface area contributed by atoms with E-state index in [4.69, 9.17) is 5.84 Å². The van der Waals surface area contributed by atoms with E-state index in [-0.39, 0.29) is 6.04 Å². The number of thioether (sulfide) groups is 1. The van der Waals surface area contributed by atoms with Gasteiger partial charge in [0.2, 0.25) is 0 Å². The molecule has 6 nitrogen and oxygen atoms in total. The van der Waals surface area contributed by atoms with Crippen LogP contribution < -0.4 is 11.3 Å². The molecule has 1 aromatic carbocycles. The molecule has 1 unspecified atom stereocenters. The Morgan fingerprint density at radius 1 is 1.53 bits per heavy atom. The van der Waals surface area contributed by atoms with E-state index in [9.17, 15) is 0 Å². The van der Waals surface area contributed by atoms with Gasteiger partial charge in [0.15, 0.2) is 5.82 Å². The van der Waals surface area contributed by atoms with Crippen LogP contribution in [0.25, 0.3) is 0 Å². The fourth-order valence-electron chi connectivity index (χ4n) is 1.54. The van der Waals surface area contributed by atoms with Gasteiger partial charge < -0.3 is 0 Å². The van der Waals surface area contributed by atoms with Gasteiger partial charge in [-0.2, -0.15) is 4.80 Å². The Morgan fingerprint density at radius 2 is 2.37 bits per heavy atom. The highest BCUT2D eigenvalue weighted by atomic mass is 79.9. The number of hydrogen-bond acceptors (Lipinski definition) is 6. The number of benzene rings is 1. The van der Waals surface area contributed by atoms with Crippen molar-refractivity contribution in [2.24, 2.45) is 12.9 Å². The molecular weight excluding hydrogens is 328 g/mol. The Labute approximate surface area is 124 Å². The maximum atomic E-state index is 5.57.